The van der Waals surface area contributed by atoms with Crippen LogP contribution >= 0.6 is 11.3 Å². The summed E-state index contributed by atoms with van der Waals surface area (Å²) in [7, 11) is 1.000. The van der Waals surface area contributed by atoms with Gasteiger partial charge in [0.2, 0.25) is 0 Å². The predicted octanol–water partition coefficient (Wildman–Crippen LogP) is 2.14. The Hall–Kier alpha value is -1.24. The zero-order valence-electron chi connectivity index (χ0n) is 7.01. The first-order valence-corrected chi connectivity index (χ1v) is 4.28. The molecule has 2 N–H and O–H groups in total. The number of hydrogen-bond donors (Lipinski definition) is 1. The van der Waals surface area contributed by atoms with Crippen LogP contribution in [0.2, 0.25) is 0 Å². The summed E-state index contributed by atoms with van der Waals surface area (Å²) in [4.78, 5) is 11.0. The molecule has 78 valence electrons. The van der Waals surface area contributed by atoms with E-state index in [1.54, 1.807) is 0 Å². The number of nitrogens with two attached hydrogens (primary N) is 1. The van der Waals surface area contributed by atoms with Crippen LogP contribution < -0.4 is 5.73 Å². The molecule has 0 spiro atoms. The van der Waals surface area contributed by atoms with Crippen molar-refractivity contribution in [3.8, 4) is 0 Å². The summed E-state index contributed by atoms with van der Waals surface area (Å²) in [5.41, 5.74) is 3.58. The lowest BCUT2D eigenvalue weighted by atomic mass is 10.2. The summed E-state index contributed by atoms with van der Waals surface area (Å²) in [6.07, 6.45) is -4.59. The Morgan fingerprint density at radius 2 is 2.14 bits per heavy atom. The number of thiophene rings is 1. The Balaban J connectivity index is 3.26. The van der Waals surface area contributed by atoms with Gasteiger partial charge in [0, 0.05) is 5.38 Å². The molecule has 0 unspecified atom stereocenters. The SMILES string of the molecule is COC(=O)c1c(C(F)(F)F)csc1N. The average molecular weight is 225 g/mol. The van der Waals surface area contributed by atoms with Crippen LogP contribution in [0.4, 0.5) is 18.2 Å². The van der Waals surface area contributed by atoms with Gasteiger partial charge >= 0.3 is 12.1 Å². The molecular formula is C7H6F3NO2S. The first-order valence-electron chi connectivity index (χ1n) is 3.40. The molecule has 0 aliphatic carbocycles. The monoisotopic (exact) mass is 225 g/mol. The van der Waals surface area contributed by atoms with Gasteiger partial charge in [0.25, 0.3) is 0 Å². The van der Waals surface area contributed by atoms with E-state index in [0.29, 0.717) is 11.3 Å². The lowest BCUT2D eigenvalue weighted by Crippen LogP contribution is -2.13. The molecule has 1 aromatic rings. The number of rotatable bonds is 1. The summed E-state index contributed by atoms with van der Waals surface area (Å²) in [5, 5.41) is 0.603. The summed E-state index contributed by atoms with van der Waals surface area (Å²) in [6.45, 7) is 0. The van der Waals surface area contributed by atoms with E-state index in [1.165, 1.54) is 0 Å². The minimum absolute atomic E-state index is 0.191. The second-order valence-electron chi connectivity index (χ2n) is 2.38. The second kappa shape index (κ2) is 3.49. The fourth-order valence-corrected chi connectivity index (χ4v) is 1.70. The van der Waals surface area contributed by atoms with E-state index in [4.69, 9.17) is 5.73 Å². The molecule has 3 nitrogen and oxygen atoms in total. The van der Waals surface area contributed by atoms with Gasteiger partial charge in [-0.05, 0) is 0 Å². The minimum atomic E-state index is -4.59. The van der Waals surface area contributed by atoms with Gasteiger partial charge in [0.1, 0.15) is 10.6 Å². The van der Waals surface area contributed by atoms with E-state index in [-0.39, 0.29) is 5.00 Å². The molecular weight excluding hydrogens is 219 g/mol. The van der Waals surface area contributed by atoms with Crippen molar-refractivity contribution in [1.29, 1.82) is 0 Å². The predicted molar refractivity (Wildman–Crippen MR) is 45.1 cm³/mol. The van der Waals surface area contributed by atoms with Gasteiger partial charge in [0.05, 0.1) is 12.7 Å². The zero-order chi connectivity index (χ0) is 10.9. The standard InChI is InChI=1S/C7H6F3NO2S/c1-13-6(12)4-3(7(8,9)10)2-14-5(4)11/h2H,11H2,1H3. The smallest absolute Gasteiger partial charge is 0.418 e. The number of carbonyl (C=O) groups is 1. The third-order valence-electron chi connectivity index (χ3n) is 1.51. The van der Waals surface area contributed by atoms with Gasteiger partial charge in [-0.3, -0.25) is 0 Å². The van der Waals surface area contributed by atoms with Crippen LogP contribution in [0.15, 0.2) is 5.38 Å². The highest BCUT2D eigenvalue weighted by Gasteiger charge is 2.38. The van der Waals surface area contributed by atoms with E-state index >= 15 is 0 Å². The van der Waals surface area contributed by atoms with Crippen LogP contribution in [0.5, 0.6) is 0 Å². The van der Waals surface area contributed by atoms with Gasteiger partial charge in [-0.1, -0.05) is 0 Å². The second-order valence-corrected chi connectivity index (χ2v) is 3.29. The summed E-state index contributed by atoms with van der Waals surface area (Å²) >= 11 is 0.659. The van der Waals surface area contributed by atoms with Crippen LogP contribution in [0.1, 0.15) is 15.9 Å². The van der Waals surface area contributed by atoms with Crippen molar-refractivity contribution < 1.29 is 22.7 Å². The topological polar surface area (TPSA) is 52.3 Å². The Morgan fingerprint density at radius 3 is 2.57 bits per heavy atom. The molecule has 0 aromatic carbocycles. The number of esters is 1. The molecule has 0 amide bonds. The van der Waals surface area contributed by atoms with Crippen molar-refractivity contribution in [2.45, 2.75) is 6.18 Å². The molecule has 7 heteroatoms. The maximum absolute atomic E-state index is 12.3. The quantitative estimate of drug-likeness (QED) is 0.745. The number of halogens is 3. The number of carbonyl (C=O) groups excluding carboxylic acids is 1. The Morgan fingerprint density at radius 1 is 1.57 bits per heavy atom. The summed E-state index contributed by atoms with van der Waals surface area (Å²) < 4.78 is 41.1. The molecule has 0 saturated heterocycles. The Kier molecular flexibility index (Phi) is 2.70. The number of nitrogen functional groups attached to an aromatic ring is 1. The largest absolute Gasteiger partial charge is 0.465 e. The molecule has 0 saturated carbocycles. The van der Waals surface area contributed by atoms with Crippen molar-refractivity contribution in [2.75, 3.05) is 12.8 Å². The number of methoxy groups -OCH3 is 1. The van der Waals surface area contributed by atoms with Gasteiger partial charge in [-0.2, -0.15) is 13.2 Å². The highest BCUT2D eigenvalue weighted by atomic mass is 32.1. The normalized spacial score (nSPS) is 11.4. The summed E-state index contributed by atoms with van der Waals surface area (Å²) in [6, 6.07) is 0. The lowest BCUT2D eigenvalue weighted by Gasteiger charge is -2.06. The summed E-state index contributed by atoms with van der Waals surface area (Å²) in [5.74, 6) is -1.07. The molecule has 1 aromatic heterocycles. The molecule has 14 heavy (non-hydrogen) atoms. The van der Waals surface area contributed by atoms with Crippen molar-refractivity contribution >= 4 is 22.3 Å². The molecule has 0 fully saturated rings. The number of anilines is 1. The van der Waals surface area contributed by atoms with E-state index in [2.05, 4.69) is 4.74 Å². The molecule has 0 atom stereocenters. The number of hydrogen-bond acceptors (Lipinski definition) is 4. The fraction of sp³-hybridized carbons (Fsp3) is 0.286. The van der Waals surface area contributed by atoms with Crippen LogP contribution in [-0.4, -0.2) is 13.1 Å². The molecule has 0 bridgehead atoms. The molecule has 1 heterocycles. The maximum atomic E-state index is 12.3. The number of alkyl halides is 3. The van der Waals surface area contributed by atoms with Crippen molar-refractivity contribution in [2.24, 2.45) is 0 Å². The van der Waals surface area contributed by atoms with Crippen LogP contribution in [0.3, 0.4) is 0 Å². The van der Waals surface area contributed by atoms with Crippen molar-refractivity contribution in [3.63, 3.8) is 0 Å². The molecule has 0 aliphatic heterocycles. The fourth-order valence-electron chi connectivity index (χ4n) is 0.894. The maximum Gasteiger partial charge on any atom is 0.418 e. The first-order chi connectivity index (χ1) is 6.38. The van der Waals surface area contributed by atoms with Crippen molar-refractivity contribution in [1.82, 2.24) is 0 Å². The van der Waals surface area contributed by atoms with E-state index in [9.17, 15) is 18.0 Å². The van der Waals surface area contributed by atoms with E-state index in [1.807, 2.05) is 0 Å². The van der Waals surface area contributed by atoms with Gasteiger partial charge in [0.15, 0.2) is 0 Å². The Labute approximate surface area is 81.3 Å². The molecule has 0 radical (unpaired) electrons. The zero-order valence-corrected chi connectivity index (χ0v) is 7.83. The van der Waals surface area contributed by atoms with E-state index in [0.717, 1.165) is 12.5 Å². The van der Waals surface area contributed by atoms with Crippen LogP contribution in [0, 0.1) is 0 Å². The van der Waals surface area contributed by atoms with E-state index < -0.39 is 23.3 Å². The number of ether oxygens (including phenoxy) is 1. The third-order valence-corrected chi connectivity index (χ3v) is 2.33. The highest BCUT2D eigenvalue weighted by molar-refractivity contribution is 7.14. The minimum Gasteiger partial charge on any atom is -0.465 e. The van der Waals surface area contributed by atoms with Crippen molar-refractivity contribution in [3.05, 3.63) is 16.5 Å². The third kappa shape index (κ3) is 1.82. The molecule has 0 aliphatic rings. The molecule has 1 rings (SSSR count). The van der Waals surface area contributed by atoms with Gasteiger partial charge in [-0.15, -0.1) is 11.3 Å². The first kappa shape index (κ1) is 10.8. The Bertz CT molecular complexity index is 358. The van der Waals surface area contributed by atoms with Crippen LogP contribution in [0.25, 0.3) is 0 Å². The van der Waals surface area contributed by atoms with Gasteiger partial charge in [-0.25, -0.2) is 4.79 Å². The highest BCUT2D eigenvalue weighted by Crippen LogP contribution is 2.38. The van der Waals surface area contributed by atoms with Gasteiger partial charge < -0.3 is 10.5 Å². The average Bonchev–Trinajstić information content (AvgIpc) is 2.45. The van der Waals surface area contributed by atoms with Crippen LogP contribution in [-0.2, 0) is 10.9 Å². The lowest BCUT2D eigenvalue weighted by molar-refractivity contribution is -0.137.